The minimum Gasteiger partial charge on any atom is -0.314 e. The average molecular weight is 260 g/mol. The summed E-state index contributed by atoms with van der Waals surface area (Å²) < 4.78 is 0. The topological polar surface area (TPSA) is 39.3 Å². The number of piperazine rings is 1. The van der Waals surface area contributed by atoms with Crippen LogP contribution in [0.1, 0.15) is 13.8 Å². The highest BCUT2D eigenvalue weighted by Crippen LogP contribution is 2.20. The number of hydrogen-bond donors (Lipinski definition) is 3. The smallest absolute Gasteiger partial charge is 0.0573 e. The van der Waals surface area contributed by atoms with Gasteiger partial charge in [-0.25, -0.2) is 5.43 Å². The molecule has 3 rings (SSSR count). The summed E-state index contributed by atoms with van der Waals surface area (Å²) in [7, 11) is 0. The zero-order valence-corrected chi connectivity index (χ0v) is 11.8. The van der Waals surface area contributed by atoms with Crippen LogP contribution in [-0.4, -0.2) is 32.2 Å². The fraction of sp³-hybridized carbons (Fsp3) is 0.467. The number of nitrogens with one attached hydrogen (secondary N) is 3. The lowest BCUT2D eigenvalue weighted by atomic mass is 10.3. The zero-order chi connectivity index (χ0) is 13.5. The SMILES string of the molecule is C1CNCCN1.CC1=CC(C)NN1c1ccccc1. The molecule has 1 aromatic carbocycles. The van der Waals surface area contributed by atoms with Crippen LogP contribution >= 0.6 is 0 Å². The van der Waals surface area contributed by atoms with Gasteiger partial charge in [-0.1, -0.05) is 18.2 Å². The Bertz CT molecular complexity index is 386. The quantitative estimate of drug-likeness (QED) is 0.715. The monoisotopic (exact) mass is 260 g/mol. The number of allylic oxidation sites excluding steroid dienone is 1. The maximum absolute atomic E-state index is 3.36. The van der Waals surface area contributed by atoms with Crippen LogP contribution in [-0.2, 0) is 0 Å². The summed E-state index contributed by atoms with van der Waals surface area (Å²) in [6.45, 7) is 8.82. The van der Waals surface area contributed by atoms with Gasteiger partial charge in [0.05, 0.1) is 5.69 Å². The van der Waals surface area contributed by atoms with E-state index in [1.165, 1.54) is 11.4 Å². The lowest BCUT2D eigenvalue weighted by Crippen LogP contribution is -2.39. The zero-order valence-electron chi connectivity index (χ0n) is 11.8. The Balaban J connectivity index is 0.000000186. The highest BCUT2D eigenvalue weighted by Gasteiger charge is 2.16. The summed E-state index contributed by atoms with van der Waals surface area (Å²) in [5.74, 6) is 0. The average Bonchev–Trinajstić information content (AvgIpc) is 2.81. The molecule has 104 valence electrons. The molecule has 1 saturated heterocycles. The standard InChI is InChI=1S/C11H14N2.C4H10N2/c1-9-8-10(2)13(12-9)11-6-4-3-5-7-11;1-2-6-4-3-5-1/h3-9,12H,1-2H3;5-6H,1-4H2. The normalized spacial score (nSPS) is 22.5. The number of hydrogen-bond acceptors (Lipinski definition) is 4. The molecule has 4 nitrogen and oxygen atoms in total. The Morgan fingerprint density at radius 2 is 1.58 bits per heavy atom. The van der Waals surface area contributed by atoms with Crippen molar-refractivity contribution in [3.05, 3.63) is 42.1 Å². The van der Waals surface area contributed by atoms with E-state index in [1.807, 2.05) is 18.2 Å². The van der Waals surface area contributed by atoms with Gasteiger partial charge in [-0.15, -0.1) is 0 Å². The maximum atomic E-state index is 3.36. The van der Waals surface area contributed by atoms with Crippen LogP contribution in [0.4, 0.5) is 5.69 Å². The highest BCUT2D eigenvalue weighted by atomic mass is 15.5. The van der Waals surface area contributed by atoms with Gasteiger partial charge in [0.2, 0.25) is 0 Å². The van der Waals surface area contributed by atoms with Gasteiger partial charge in [0.15, 0.2) is 0 Å². The van der Waals surface area contributed by atoms with Crippen molar-refractivity contribution in [2.75, 3.05) is 31.2 Å². The van der Waals surface area contributed by atoms with Gasteiger partial charge in [0, 0.05) is 37.9 Å². The second kappa shape index (κ2) is 7.28. The van der Waals surface area contributed by atoms with E-state index in [4.69, 9.17) is 0 Å². The molecule has 1 aromatic rings. The lowest BCUT2D eigenvalue weighted by molar-refractivity contribution is 0.534. The Kier molecular flexibility index (Phi) is 5.39. The Labute approximate surface area is 115 Å². The van der Waals surface area contributed by atoms with Gasteiger partial charge in [-0.3, -0.25) is 5.01 Å². The van der Waals surface area contributed by atoms with E-state index in [1.54, 1.807) is 0 Å². The molecule has 2 aliphatic rings. The Morgan fingerprint density at radius 1 is 1.00 bits per heavy atom. The van der Waals surface area contributed by atoms with E-state index < -0.39 is 0 Å². The van der Waals surface area contributed by atoms with Crippen molar-refractivity contribution in [1.82, 2.24) is 16.1 Å². The van der Waals surface area contributed by atoms with Crippen molar-refractivity contribution in [1.29, 1.82) is 0 Å². The first kappa shape index (κ1) is 14.1. The molecule has 2 aliphatic heterocycles. The predicted octanol–water partition coefficient (Wildman–Crippen LogP) is 1.48. The van der Waals surface area contributed by atoms with E-state index in [9.17, 15) is 0 Å². The van der Waals surface area contributed by atoms with E-state index in [0.29, 0.717) is 6.04 Å². The first-order chi connectivity index (χ1) is 9.27. The third-order valence-electron chi connectivity index (χ3n) is 3.15. The molecule has 0 aliphatic carbocycles. The van der Waals surface area contributed by atoms with Gasteiger partial charge >= 0.3 is 0 Å². The van der Waals surface area contributed by atoms with Gasteiger partial charge in [0.25, 0.3) is 0 Å². The molecule has 4 heteroatoms. The van der Waals surface area contributed by atoms with Crippen molar-refractivity contribution in [2.24, 2.45) is 0 Å². The number of nitrogens with zero attached hydrogens (tertiary/aromatic N) is 1. The summed E-state index contributed by atoms with van der Waals surface area (Å²) >= 11 is 0. The Morgan fingerprint density at radius 3 is 2.00 bits per heavy atom. The predicted molar refractivity (Wildman–Crippen MR) is 81.0 cm³/mol. The molecule has 1 unspecified atom stereocenters. The fourth-order valence-corrected chi connectivity index (χ4v) is 2.24. The molecule has 0 bridgehead atoms. The van der Waals surface area contributed by atoms with Crippen molar-refractivity contribution in [2.45, 2.75) is 19.9 Å². The van der Waals surface area contributed by atoms with E-state index >= 15 is 0 Å². The Hall–Kier alpha value is -1.36. The first-order valence-corrected chi connectivity index (χ1v) is 6.98. The van der Waals surface area contributed by atoms with Gasteiger partial charge in [0.1, 0.15) is 0 Å². The van der Waals surface area contributed by atoms with E-state index in [2.05, 4.69) is 53.1 Å². The maximum Gasteiger partial charge on any atom is 0.0573 e. The van der Waals surface area contributed by atoms with Crippen LogP contribution in [0.3, 0.4) is 0 Å². The minimum atomic E-state index is 0.431. The molecule has 0 radical (unpaired) electrons. The van der Waals surface area contributed by atoms with E-state index in [0.717, 1.165) is 26.2 Å². The summed E-state index contributed by atoms with van der Waals surface area (Å²) in [5, 5.41) is 8.56. The minimum absolute atomic E-state index is 0.431. The molecule has 0 aromatic heterocycles. The molecule has 1 fully saturated rings. The largest absolute Gasteiger partial charge is 0.314 e. The number of hydrazine groups is 1. The molecule has 19 heavy (non-hydrogen) atoms. The number of benzene rings is 1. The second-order valence-corrected chi connectivity index (χ2v) is 4.90. The van der Waals surface area contributed by atoms with Crippen LogP contribution in [0.15, 0.2) is 42.1 Å². The van der Waals surface area contributed by atoms with E-state index in [-0.39, 0.29) is 0 Å². The number of anilines is 1. The van der Waals surface area contributed by atoms with Crippen molar-refractivity contribution in [3.63, 3.8) is 0 Å². The molecule has 0 saturated carbocycles. The summed E-state index contributed by atoms with van der Waals surface area (Å²) in [5.41, 5.74) is 5.82. The lowest BCUT2D eigenvalue weighted by Gasteiger charge is -2.21. The van der Waals surface area contributed by atoms with Crippen LogP contribution in [0.2, 0.25) is 0 Å². The number of rotatable bonds is 1. The summed E-state index contributed by atoms with van der Waals surface area (Å²) in [6, 6.07) is 10.8. The summed E-state index contributed by atoms with van der Waals surface area (Å²) in [4.78, 5) is 0. The van der Waals surface area contributed by atoms with Crippen LogP contribution < -0.4 is 21.1 Å². The second-order valence-electron chi connectivity index (χ2n) is 4.90. The molecular formula is C15H24N4. The van der Waals surface area contributed by atoms with Gasteiger partial charge < -0.3 is 10.6 Å². The fourth-order valence-electron chi connectivity index (χ4n) is 2.24. The van der Waals surface area contributed by atoms with Crippen LogP contribution in [0.5, 0.6) is 0 Å². The van der Waals surface area contributed by atoms with Crippen LogP contribution in [0.25, 0.3) is 0 Å². The molecule has 3 N–H and O–H groups in total. The van der Waals surface area contributed by atoms with Gasteiger partial charge in [-0.05, 0) is 32.1 Å². The number of para-hydroxylation sites is 1. The van der Waals surface area contributed by atoms with Crippen molar-refractivity contribution < 1.29 is 0 Å². The third kappa shape index (κ3) is 4.35. The van der Waals surface area contributed by atoms with Crippen LogP contribution in [0, 0.1) is 0 Å². The van der Waals surface area contributed by atoms with Crippen molar-refractivity contribution in [3.8, 4) is 0 Å². The van der Waals surface area contributed by atoms with Crippen molar-refractivity contribution >= 4 is 5.69 Å². The highest BCUT2D eigenvalue weighted by molar-refractivity contribution is 5.52. The third-order valence-corrected chi connectivity index (χ3v) is 3.15. The molecule has 1 atom stereocenters. The summed E-state index contributed by atoms with van der Waals surface area (Å²) in [6.07, 6.45) is 2.22. The molecule has 0 amide bonds. The first-order valence-electron chi connectivity index (χ1n) is 6.98. The molecule has 0 spiro atoms. The molecular weight excluding hydrogens is 236 g/mol. The molecule has 2 heterocycles. The van der Waals surface area contributed by atoms with Gasteiger partial charge in [-0.2, -0.15) is 0 Å².